The van der Waals surface area contributed by atoms with Crippen LogP contribution in [0.2, 0.25) is 5.02 Å². The molecule has 2 aromatic heterocycles. The van der Waals surface area contributed by atoms with Gasteiger partial charge in [-0.15, -0.1) is 10.2 Å². The largest absolute Gasteiger partial charge is 0.477 e. The molecule has 0 aliphatic rings. The third-order valence-corrected chi connectivity index (χ3v) is 5.10. The lowest BCUT2D eigenvalue weighted by molar-refractivity contribution is -0.131. The van der Waals surface area contributed by atoms with E-state index >= 15 is 0 Å². The van der Waals surface area contributed by atoms with Gasteiger partial charge in [-0.05, 0) is 48.2 Å². The lowest BCUT2D eigenvalue weighted by Crippen LogP contribution is -1.96. The topological polar surface area (TPSA) is 89.4 Å². The number of nitrogens with zero attached hydrogens (tertiary/aromatic N) is 2. The van der Waals surface area contributed by atoms with E-state index in [1.807, 2.05) is 19.1 Å². The molecule has 0 fully saturated rings. The van der Waals surface area contributed by atoms with Crippen molar-refractivity contribution < 1.29 is 18.7 Å². The summed E-state index contributed by atoms with van der Waals surface area (Å²) in [6.07, 6.45) is 2.01. The number of aliphatic carboxylic acids is 1. The number of furan rings is 1. The van der Waals surface area contributed by atoms with Crippen LogP contribution < -0.4 is 0 Å². The van der Waals surface area contributed by atoms with Gasteiger partial charge in [-0.3, -0.25) is 0 Å². The molecule has 0 bridgehead atoms. The third kappa shape index (κ3) is 4.94. The SMILES string of the molecule is CCc1nnc(S/C(=C\c2ccc(Sc3ccc(Cl)cc3)o2)C(=O)O)o1. The van der Waals surface area contributed by atoms with Gasteiger partial charge in [0, 0.05) is 22.4 Å². The first kappa shape index (κ1) is 18.6. The summed E-state index contributed by atoms with van der Waals surface area (Å²) < 4.78 is 11.0. The monoisotopic (exact) mass is 408 g/mol. The number of hydrogen-bond donors (Lipinski definition) is 1. The highest BCUT2D eigenvalue weighted by atomic mass is 35.5. The van der Waals surface area contributed by atoms with Gasteiger partial charge in [-0.1, -0.05) is 30.3 Å². The molecule has 3 aromatic rings. The highest BCUT2D eigenvalue weighted by molar-refractivity contribution is 8.03. The number of thioether (sulfide) groups is 1. The molecule has 0 aliphatic heterocycles. The van der Waals surface area contributed by atoms with Gasteiger partial charge in [0.25, 0.3) is 5.22 Å². The van der Waals surface area contributed by atoms with Crippen molar-refractivity contribution in [1.29, 1.82) is 0 Å². The predicted molar refractivity (Wildman–Crippen MR) is 99.4 cm³/mol. The van der Waals surface area contributed by atoms with Crippen molar-refractivity contribution >= 4 is 47.2 Å². The fourth-order valence-electron chi connectivity index (χ4n) is 1.87. The van der Waals surface area contributed by atoms with Gasteiger partial charge in [0.1, 0.15) is 10.7 Å². The Morgan fingerprint density at radius 1 is 1.19 bits per heavy atom. The standard InChI is InChI=1S/C17H13ClN2O4S2/c1-2-14-19-20-17(24-14)26-13(16(21)22)9-11-5-8-15(23-11)25-12-6-3-10(18)4-7-12/h3-9H,2H2,1H3,(H,21,22)/b13-9-. The quantitative estimate of drug-likeness (QED) is 0.419. The lowest BCUT2D eigenvalue weighted by atomic mass is 10.4. The first-order chi connectivity index (χ1) is 12.5. The molecular formula is C17H13ClN2O4S2. The number of carboxylic acids is 1. The third-order valence-electron chi connectivity index (χ3n) is 3.07. The van der Waals surface area contributed by atoms with Gasteiger partial charge in [0.15, 0.2) is 5.09 Å². The van der Waals surface area contributed by atoms with Crippen LogP contribution in [-0.4, -0.2) is 21.3 Å². The summed E-state index contributed by atoms with van der Waals surface area (Å²) in [5.74, 6) is -0.229. The van der Waals surface area contributed by atoms with Crippen molar-refractivity contribution in [3.63, 3.8) is 0 Å². The Morgan fingerprint density at radius 2 is 1.96 bits per heavy atom. The Hall–Kier alpha value is -2.16. The molecule has 26 heavy (non-hydrogen) atoms. The number of aryl methyl sites for hydroxylation is 1. The minimum atomic E-state index is -1.10. The number of rotatable bonds is 7. The predicted octanol–water partition coefficient (Wildman–Crippen LogP) is 5.25. The molecule has 9 heteroatoms. The van der Waals surface area contributed by atoms with Gasteiger partial charge >= 0.3 is 5.97 Å². The van der Waals surface area contributed by atoms with Crippen LogP contribution in [0.5, 0.6) is 0 Å². The molecule has 0 aliphatic carbocycles. The van der Waals surface area contributed by atoms with Crippen LogP contribution in [0, 0.1) is 0 Å². The summed E-state index contributed by atoms with van der Waals surface area (Å²) in [7, 11) is 0. The minimum absolute atomic E-state index is 0.0219. The second kappa shape index (κ2) is 8.48. The van der Waals surface area contributed by atoms with Gasteiger partial charge in [0.2, 0.25) is 5.89 Å². The van der Waals surface area contributed by atoms with Crippen molar-refractivity contribution in [2.24, 2.45) is 0 Å². The molecule has 1 N–H and O–H groups in total. The summed E-state index contributed by atoms with van der Waals surface area (Å²) in [5, 5.41) is 18.5. The van der Waals surface area contributed by atoms with Crippen molar-refractivity contribution in [2.75, 3.05) is 0 Å². The summed E-state index contributed by atoms with van der Waals surface area (Å²) >= 11 is 8.16. The summed E-state index contributed by atoms with van der Waals surface area (Å²) in [5.41, 5.74) is 0. The summed E-state index contributed by atoms with van der Waals surface area (Å²) in [4.78, 5) is 12.5. The molecule has 134 valence electrons. The Labute approximate surface area is 162 Å². The Bertz CT molecular complexity index is 934. The maximum absolute atomic E-state index is 11.5. The van der Waals surface area contributed by atoms with E-state index in [1.165, 1.54) is 17.8 Å². The van der Waals surface area contributed by atoms with Crippen LogP contribution >= 0.6 is 35.1 Å². The first-order valence-electron chi connectivity index (χ1n) is 7.52. The van der Waals surface area contributed by atoms with Gasteiger partial charge < -0.3 is 13.9 Å². The fraction of sp³-hybridized carbons (Fsp3) is 0.118. The Morgan fingerprint density at radius 3 is 2.62 bits per heavy atom. The zero-order valence-corrected chi connectivity index (χ0v) is 15.9. The van der Waals surface area contributed by atoms with Crippen LogP contribution in [0.3, 0.4) is 0 Å². The van der Waals surface area contributed by atoms with Gasteiger partial charge in [-0.25, -0.2) is 4.79 Å². The van der Waals surface area contributed by atoms with Gasteiger partial charge in [-0.2, -0.15) is 0 Å². The van der Waals surface area contributed by atoms with E-state index in [9.17, 15) is 9.90 Å². The van der Waals surface area contributed by atoms with E-state index in [0.717, 1.165) is 16.7 Å². The van der Waals surface area contributed by atoms with Crippen LogP contribution in [0.25, 0.3) is 6.08 Å². The van der Waals surface area contributed by atoms with E-state index in [0.29, 0.717) is 28.2 Å². The Kier molecular flexibility index (Phi) is 6.08. The molecular weight excluding hydrogens is 396 g/mol. The van der Waals surface area contributed by atoms with E-state index < -0.39 is 5.97 Å². The molecule has 2 heterocycles. The summed E-state index contributed by atoms with van der Waals surface area (Å²) in [6.45, 7) is 1.87. The molecule has 0 unspecified atom stereocenters. The van der Waals surface area contributed by atoms with Crippen molar-refractivity contribution in [1.82, 2.24) is 10.2 Å². The number of aromatic nitrogens is 2. The smallest absolute Gasteiger partial charge is 0.342 e. The number of halogens is 1. The molecule has 0 spiro atoms. The average Bonchev–Trinajstić information content (AvgIpc) is 3.25. The number of hydrogen-bond acceptors (Lipinski definition) is 7. The highest BCUT2D eigenvalue weighted by Crippen LogP contribution is 2.32. The molecule has 6 nitrogen and oxygen atoms in total. The summed E-state index contributed by atoms with van der Waals surface area (Å²) in [6, 6.07) is 10.8. The first-order valence-corrected chi connectivity index (χ1v) is 9.53. The maximum atomic E-state index is 11.5. The van der Waals surface area contributed by atoms with E-state index in [4.69, 9.17) is 20.4 Å². The number of benzene rings is 1. The van der Waals surface area contributed by atoms with Crippen LogP contribution in [-0.2, 0) is 11.2 Å². The Balaban J connectivity index is 1.74. The molecule has 0 amide bonds. The van der Waals surface area contributed by atoms with Crippen LogP contribution in [0.4, 0.5) is 0 Å². The van der Waals surface area contributed by atoms with E-state index in [1.54, 1.807) is 24.3 Å². The van der Waals surface area contributed by atoms with E-state index in [-0.39, 0.29) is 10.1 Å². The molecule has 0 atom stereocenters. The highest BCUT2D eigenvalue weighted by Gasteiger charge is 2.16. The maximum Gasteiger partial charge on any atom is 0.342 e. The zero-order chi connectivity index (χ0) is 18.5. The second-order valence-electron chi connectivity index (χ2n) is 4.94. The molecule has 1 aromatic carbocycles. The van der Waals surface area contributed by atoms with Crippen LogP contribution in [0.15, 0.2) is 65.3 Å². The number of carbonyl (C=O) groups is 1. The normalized spacial score (nSPS) is 11.7. The molecule has 3 rings (SSSR count). The molecule has 0 radical (unpaired) electrons. The lowest BCUT2D eigenvalue weighted by Gasteiger charge is -1.98. The number of carboxylic acid groups (broad SMARTS) is 1. The average molecular weight is 409 g/mol. The zero-order valence-electron chi connectivity index (χ0n) is 13.5. The van der Waals surface area contributed by atoms with Crippen molar-refractivity contribution in [2.45, 2.75) is 28.6 Å². The van der Waals surface area contributed by atoms with Crippen molar-refractivity contribution in [3.05, 3.63) is 58.0 Å². The van der Waals surface area contributed by atoms with Gasteiger partial charge in [0.05, 0.1) is 0 Å². The molecule has 0 saturated carbocycles. The minimum Gasteiger partial charge on any atom is -0.477 e. The fourth-order valence-corrected chi connectivity index (χ4v) is 3.44. The molecule has 0 saturated heterocycles. The second-order valence-corrected chi connectivity index (χ2v) is 7.45. The van der Waals surface area contributed by atoms with Crippen LogP contribution in [0.1, 0.15) is 18.6 Å². The van der Waals surface area contributed by atoms with Crippen molar-refractivity contribution in [3.8, 4) is 0 Å². The van der Waals surface area contributed by atoms with E-state index in [2.05, 4.69) is 10.2 Å².